The van der Waals surface area contributed by atoms with E-state index in [9.17, 15) is 20.1 Å². The second-order valence-electron chi connectivity index (χ2n) is 17.4. The number of esters is 1. The first kappa shape index (κ1) is 35.4. The summed E-state index contributed by atoms with van der Waals surface area (Å²) in [5.74, 6) is 1.52. The normalized spacial score (nSPS) is 47.5. The lowest BCUT2D eigenvalue weighted by atomic mass is 9.33. The van der Waals surface area contributed by atoms with E-state index in [1.165, 1.54) is 37.7 Å². The van der Waals surface area contributed by atoms with Crippen LogP contribution in [0.1, 0.15) is 138 Å². The largest absolute Gasteiger partial charge is 0.438 e. The summed E-state index contributed by atoms with van der Waals surface area (Å²) in [5.41, 5.74) is 0.0204. The predicted molar refractivity (Wildman–Crippen MR) is 178 cm³/mol. The van der Waals surface area contributed by atoms with Crippen LogP contribution < -0.4 is 0 Å². The van der Waals surface area contributed by atoms with Gasteiger partial charge in [0, 0.05) is 5.41 Å². The van der Waals surface area contributed by atoms with Crippen molar-refractivity contribution in [3.63, 3.8) is 0 Å². The highest BCUT2D eigenvalue weighted by molar-refractivity contribution is 5.78. The van der Waals surface area contributed by atoms with Crippen molar-refractivity contribution in [2.45, 2.75) is 151 Å². The van der Waals surface area contributed by atoms with Crippen LogP contribution in [0, 0.1) is 56.7 Å². The van der Waals surface area contributed by atoms with E-state index in [0.29, 0.717) is 30.8 Å². The van der Waals surface area contributed by atoms with Crippen molar-refractivity contribution in [2.75, 3.05) is 20.0 Å². The SMILES string of the molecule is CCCCCCCCOCOC(=O)[C@]12CC[C@@H](C)[C@H](C)C1C1=CCC3[C@@]4(C)C[C@@H](O)[C@H](O)[C@@](C)(CO)C4CC[C@@]3(C)[C@]1(C)CC2. The smallest absolute Gasteiger partial charge is 0.314 e. The van der Waals surface area contributed by atoms with Crippen molar-refractivity contribution in [1.29, 1.82) is 0 Å². The third-order valence-electron chi connectivity index (χ3n) is 15.4. The van der Waals surface area contributed by atoms with Gasteiger partial charge in [0.2, 0.25) is 0 Å². The van der Waals surface area contributed by atoms with E-state index >= 15 is 0 Å². The molecule has 5 aliphatic rings. The summed E-state index contributed by atoms with van der Waals surface area (Å²) in [7, 11) is 0. The molecule has 258 valence electrons. The first-order valence-corrected chi connectivity index (χ1v) is 18.7. The number of hydrogen-bond acceptors (Lipinski definition) is 6. The van der Waals surface area contributed by atoms with Gasteiger partial charge < -0.3 is 24.8 Å². The lowest BCUT2D eigenvalue weighted by Crippen LogP contribution is -2.68. The average Bonchev–Trinajstić information content (AvgIpc) is 3.01. The molecule has 5 aliphatic carbocycles. The van der Waals surface area contributed by atoms with E-state index in [1.54, 1.807) is 0 Å². The molecule has 0 amide bonds. The average molecular weight is 631 g/mol. The minimum absolute atomic E-state index is 0.00256. The maximum absolute atomic E-state index is 14.2. The van der Waals surface area contributed by atoms with Gasteiger partial charge >= 0.3 is 5.97 Å². The topological polar surface area (TPSA) is 96.2 Å². The van der Waals surface area contributed by atoms with Gasteiger partial charge in [-0.2, -0.15) is 0 Å². The van der Waals surface area contributed by atoms with Gasteiger partial charge in [-0.05, 0) is 104 Å². The van der Waals surface area contributed by atoms with Gasteiger partial charge in [0.05, 0.1) is 30.8 Å². The van der Waals surface area contributed by atoms with Gasteiger partial charge in [-0.1, -0.05) is 92.2 Å². The van der Waals surface area contributed by atoms with Crippen LogP contribution in [-0.2, 0) is 14.3 Å². The lowest BCUT2D eigenvalue weighted by molar-refractivity contribution is -0.244. The van der Waals surface area contributed by atoms with Gasteiger partial charge in [-0.3, -0.25) is 4.79 Å². The van der Waals surface area contributed by atoms with Crippen LogP contribution in [0.4, 0.5) is 0 Å². The molecular weight excluding hydrogens is 564 g/mol. The molecule has 0 saturated heterocycles. The minimum Gasteiger partial charge on any atom is -0.438 e. The van der Waals surface area contributed by atoms with Crippen LogP contribution in [0.25, 0.3) is 0 Å². The molecule has 5 rings (SSSR count). The Bertz CT molecular complexity index is 1090. The van der Waals surface area contributed by atoms with E-state index < -0.39 is 23.0 Å². The highest BCUT2D eigenvalue weighted by atomic mass is 16.7. The zero-order valence-electron chi connectivity index (χ0n) is 29.7. The summed E-state index contributed by atoms with van der Waals surface area (Å²) < 4.78 is 11.8. The number of unbranched alkanes of at least 4 members (excludes halogenated alkanes) is 5. The van der Waals surface area contributed by atoms with Crippen molar-refractivity contribution in [3.05, 3.63) is 11.6 Å². The number of carbonyl (C=O) groups is 1. The highest BCUT2D eigenvalue weighted by Crippen LogP contribution is 2.75. The van der Waals surface area contributed by atoms with Gasteiger partial charge in [0.1, 0.15) is 0 Å². The summed E-state index contributed by atoms with van der Waals surface area (Å²) in [6.07, 6.45) is 15.2. The van der Waals surface area contributed by atoms with E-state index in [1.807, 2.05) is 6.92 Å². The molecule has 6 nitrogen and oxygen atoms in total. The molecule has 0 aromatic carbocycles. The third-order valence-corrected chi connectivity index (χ3v) is 15.4. The molecule has 0 aromatic rings. The Morgan fingerprint density at radius 1 is 0.933 bits per heavy atom. The minimum atomic E-state index is -0.907. The van der Waals surface area contributed by atoms with Crippen molar-refractivity contribution < 1.29 is 29.6 Å². The first-order valence-electron chi connectivity index (χ1n) is 18.7. The Balaban J connectivity index is 1.38. The molecule has 3 N–H and O–H groups in total. The molecule has 0 bridgehead atoms. The standard InChI is InChI=1S/C39H66O6/c1-8-9-10-11-12-13-22-44-25-45-34(43)39-19-16-26(2)27(3)32(39)28-14-15-31-35(4)23-29(41)33(42)36(5,24-40)30(35)17-18-38(31,7)37(28,6)20-21-39/h14,26-27,29-33,40-42H,8-13,15-25H2,1-7H3/t26-,27+,29-,30?,31?,32?,33+,35+,36+,37-,38-,39+/m1/s1. The Morgan fingerprint density at radius 2 is 1.64 bits per heavy atom. The van der Waals surface area contributed by atoms with Gasteiger partial charge in [-0.25, -0.2) is 0 Å². The van der Waals surface area contributed by atoms with E-state index in [4.69, 9.17) is 9.47 Å². The third kappa shape index (κ3) is 5.48. The predicted octanol–water partition coefficient (Wildman–Crippen LogP) is 7.83. The van der Waals surface area contributed by atoms with Crippen LogP contribution in [0.2, 0.25) is 0 Å². The van der Waals surface area contributed by atoms with Gasteiger partial charge in [-0.15, -0.1) is 0 Å². The van der Waals surface area contributed by atoms with Crippen LogP contribution in [0.15, 0.2) is 11.6 Å². The molecular formula is C39H66O6. The number of rotatable bonds is 11. The molecule has 0 radical (unpaired) electrons. The van der Waals surface area contributed by atoms with E-state index in [0.717, 1.165) is 51.4 Å². The highest BCUT2D eigenvalue weighted by Gasteiger charge is 2.70. The van der Waals surface area contributed by atoms with Crippen molar-refractivity contribution in [2.24, 2.45) is 56.7 Å². The summed E-state index contributed by atoms with van der Waals surface area (Å²) in [6, 6.07) is 0. The Kier molecular flexibility index (Phi) is 10.3. The molecule has 0 aliphatic heterocycles. The monoisotopic (exact) mass is 630 g/mol. The molecule has 0 heterocycles. The summed E-state index contributed by atoms with van der Waals surface area (Å²) >= 11 is 0. The molecule has 0 aromatic heterocycles. The number of aliphatic hydroxyl groups excluding tert-OH is 3. The molecule has 3 unspecified atom stereocenters. The fraction of sp³-hybridized carbons (Fsp3) is 0.923. The maximum Gasteiger partial charge on any atom is 0.314 e. The van der Waals surface area contributed by atoms with Crippen LogP contribution in [0.5, 0.6) is 0 Å². The van der Waals surface area contributed by atoms with Gasteiger partial charge in [0.15, 0.2) is 6.79 Å². The zero-order valence-corrected chi connectivity index (χ0v) is 29.7. The maximum atomic E-state index is 14.2. The van der Waals surface area contributed by atoms with E-state index in [-0.39, 0.29) is 47.4 Å². The van der Waals surface area contributed by atoms with Crippen molar-refractivity contribution >= 4 is 5.97 Å². The Hall–Kier alpha value is -0.950. The summed E-state index contributed by atoms with van der Waals surface area (Å²) in [4.78, 5) is 14.2. The van der Waals surface area contributed by atoms with Crippen molar-refractivity contribution in [3.8, 4) is 0 Å². The lowest BCUT2D eigenvalue weighted by Gasteiger charge is -2.71. The number of hydrogen-bond donors (Lipinski definition) is 3. The molecule has 12 atom stereocenters. The fourth-order valence-electron chi connectivity index (χ4n) is 12.3. The molecule has 4 fully saturated rings. The molecule has 4 saturated carbocycles. The second kappa shape index (κ2) is 13.2. The Labute approximate surface area is 274 Å². The summed E-state index contributed by atoms with van der Waals surface area (Å²) in [6.45, 7) is 16.9. The quantitative estimate of drug-likeness (QED) is 0.0932. The Morgan fingerprint density at radius 3 is 2.36 bits per heavy atom. The molecule has 45 heavy (non-hydrogen) atoms. The van der Waals surface area contributed by atoms with Crippen LogP contribution in [-0.4, -0.2) is 53.5 Å². The zero-order chi connectivity index (χ0) is 32.8. The fourth-order valence-corrected chi connectivity index (χ4v) is 12.3. The number of allylic oxidation sites excluding steroid dienone is 2. The molecule has 6 heteroatoms. The number of aliphatic hydroxyl groups is 3. The second-order valence-corrected chi connectivity index (χ2v) is 17.4. The molecule has 0 spiro atoms. The first-order chi connectivity index (χ1) is 21.3. The van der Waals surface area contributed by atoms with Crippen LogP contribution in [0.3, 0.4) is 0 Å². The van der Waals surface area contributed by atoms with E-state index in [2.05, 4.69) is 47.6 Å². The number of fused-ring (bicyclic) bond motifs is 7. The summed E-state index contributed by atoms with van der Waals surface area (Å²) in [5, 5.41) is 32.8. The van der Waals surface area contributed by atoms with Gasteiger partial charge in [0.25, 0.3) is 0 Å². The van der Waals surface area contributed by atoms with Crippen LogP contribution >= 0.6 is 0 Å². The van der Waals surface area contributed by atoms with Crippen molar-refractivity contribution in [1.82, 2.24) is 0 Å². The number of carbonyl (C=O) groups excluding carboxylic acids is 1. The number of ether oxygens (including phenoxy) is 2.